The second-order valence-corrected chi connectivity index (χ2v) is 6.69. The van der Waals surface area contributed by atoms with Crippen molar-refractivity contribution in [2.24, 2.45) is 0 Å². The molecule has 3 aliphatic rings. The maximum Gasteiger partial charge on any atom is 0.338 e. The number of hydrogen-bond acceptors (Lipinski definition) is 5. The Morgan fingerprint density at radius 3 is 2.96 bits per heavy atom. The second-order valence-electron chi connectivity index (χ2n) is 6.69. The number of likely N-dealkylation sites (N-methyl/N-ethyl adjacent to an activating group) is 1. The van der Waals surface area contributed by atoms with E-state index in [1.54, 1.807) is 13.1 Å². The maximum absolute atomic E-state index is 12.9. The van der Waals surface area contributed by atoms with Crippen molar-refractivity contribution in [3.8, 4) is 11.5 Å². The number of esters is 1. The molecule has 1 aliphatic carbocycles. The molecule has 0 radical (unpaired) electrons. The summed E-state index contributed by atoms with van der Waals surface area (Å²) in [6.07, 6.45) is 3.14. The van der Waals surface area contributed by atoms with Gasteiger partial charge in [0.05, 0.1) is 32.2 Å². The Morgan fingerprint density at radius 1 is 1.43 bits per heavy atom. The third-order valence-corrected chi connectivity index (χ3v) is 5.35. The zero-order valence-corrected chi connectivity index (χ0v) is 13.1. The van der Waals surface area contributed by atoms with Crippen LogP contribution in [-0.2, 0) is 4.74 Å². The van der Waals surface area contributed by atoms with E-state index in [0.717, 1.165) is 17.6 Å². The molecule has 2 heterocycles. The van der Waals surface area contributed by atoms with Crippen LogP contribution >= 0.6 is 0 Å². The molecule has 0 spiro atoms. The molecule has 23 heavy (non-hydrogen) atoms. The first kappa shape index (κ1) is 14.5. The first-order valence-electron chi connectivity index (χ1n) is 7.79. The number of hydroxylamine groups is 3. The quantitative estimate of drug-likeness (QED) is 0.371. The number of aromatic hydroxyl groups is 1. The normalized spacial score (nSPS) is 34.8. The predicted molar refractivity (Wildman–Crippen MR) is 82.1 cm³/mol. The van der Waals surface area contributed by atoms with Crippen LogP contribution < -0.4 is 4.74 Å². The lowest BCUT2D eigenvalue weighted by Crippen LogP contribution is -2.52. The minimum absolute atomic E-state index is 0.0981. The van der Waals surface area contributed by atoms with E-state index in [0.29, 0.717) is 24.3 Å². The number of phenols is 1. The van der Waals surface area contributed by atoms with E-state index in [4.69, 9.17) is 9.47 Å². The largest absolute Gasteiger partial charge is 0.633 e. The Kier molecular flexibility index (Phi) is 2.98. The van der Waals surface area contributed by atoms with Crippen LogP contribution in [0.1, 0.15) is 34.7 Å². The molecule has 0 bridgehead atoms. The average molecular weight is 317 g/mol. The first-order valence-corrected chi connectivity index (χ1v) is 7.79. The third kappa shape index (κ3) is 1.98. The van der Waals surface area contributed by atoms with Crippen molar-refractivity contribution in [3.05, 3.63) is 40.1 Å². The lowest BCUT2D eigenvalue weighted by atomic mass is 9.74. The standard InChI is InChI=1S/C17H19NO5/c1-18(21)6-5-9-3-4-13-15(16(9)18)10-8-14(22-2)12(19)7-11(10)17(20)23-13/h3,7-8,13,15-16,19H,4-6H2,1-2H3/t13?,15?,16-,18-/m1/s1. The van der Waals surface area contributed by atoms with Crippen LogP contribution in [0.3, 0.4) is 0 Å². The SMILES string of the molecule is COc1cc2c(cc1O)C(=O)OC1CC=C3CC[N@@+](C)([O-])[C@H]3C21. The Balaban J connectivity index is 1.90. The van der Waals surface area contributed by atoms with Crippen molar-refractivity contribution in [1.29, 1.82) is 0 Å². The topological polar surface area (TPSA) is 78.8 Å². The first-order chi connectivity index (χ1) is 10.9. The van der Waals surface area contributed by atoms with E-state index < -0.39 is 5.97 Å². The molecule has 0 saturated carbocycles. The molecule has 2 unspecified atom stereocenters. The van der Waals surface area contributed by atoms with Gasteiger partial charge in [0, 0.05) is 12.8 Å². The highest BCUT2D eigenvalue weighted by atomic mass is 16.6. The molecular formula is C17H19NO5. The van der Waals surface area contributed by atoms with E-state index in [-0.39, 0.29) is 28.5 Å². The Labute approximate surface area is 134 Å². The number of quaternary nitrogens is 1. The van der Waals surface area contributed by atoms with Crippen LogP contribution in [0.15, 0.2) is 23.8 Å². The van der Waals surface area contributed by atoms with Gasteiger partial charge >= 0.3 is 5.97 Å². The summed E-state index contributed by atoms with van der Waals surface area (Å²) in [6.45, 7) is 0.540. The number of fused-ring (bicyclic) bond motifs is 5. The molecule has 1 aromatic rings. The van der Waals surface area contributed by atoms with Gasteiger partial charge in [-0.05, 0) is 23.3 Å². The van der Waals surface area contributed by atoms with Gasteiger partial charge in [-0.3, -0.25) is 0 Å². The zero-order valence-electron chi connectivity index (χ0n) is 13.1. The number of carbonyl (C=O) groups excluding carboxylic acids is 1. The Morgan fingerprint density at radius 2 is 2.22 bits per heavy atom. The van der Waals surface area contributed by atoms with Crippen LogP contribution in [-0.4, -0.2) is 48.6 Å². The molecule has 1 fully saturated rings. The minimum Gasteiger partial charge on any atom is -0.633 e. The molecule has 1 aromatic carbocycles. The van der Waals surface area contributed by atoms with Crippen molar-refractivity contribution >= 4 is 5.97 Å². The number of ether oxygens (including phenoxy) is 2. The lowest BCUT2D eigenvalue weighted by molar-refractivity contribution is -0.872. The van der Waals surface area contributed by atoms with Crippen molar-refractivity contribution in [3.63, 3.8) is 0 Å². The number of benzene rings is 1. The van der Waals surface area contributed by atoms with Gasteiger partial charge in [-0.25, -0.2) is 4.79 Å². The number of nitrogens with zero attached hydrogens (tertiary/aromatic N) is 1. The van der Waals surface area contributed by atoms with Gasteiger partial charge in [0.25, 0.3) is 0 Å². The summed E-state index contributed by atoms with van der Waals surface area (Å²) >= 11 is 0. The lowest BCUT2D eigenvalue weighted by Gasteiger charge is -2.48. The van der Waals surface area contributed by atoms with Crippen molar-refractivity contribution in [2.75, 3.05) is 20.7 Å². The van der Waals surface area contributed by atoms with Gasteiger partial charge in [0.1, 0.15) is 12.1 Å². The smallest absolute Gasteiger partial charge is 0.338 e. The van der Waals surface area contributed by atoms with E-state index in [9.17, 15) is 15.1 Å². The molecule has 0 amide bonds. The van der Waals surface area contributed by atoms with Crippen LogP contribution in [0, 0.1) is 5.21 Å². The highest BCUT2D eigenvalue weighted by Crippen LogP contribution is 2.49. The number of likely N-dealkylation sites (tertiary alicyclic amines) is 1. The molecule has 6 heteroatoms. The summed E-state index contributed by atoms with van der Waals surface area (Å²) in [6, 6.07) is 2.83. The predicted octanol–water partition coefficient (Wildman–Crippen LogP) is 2.07. The van der Waals surface area contributed by atoms with E-state index in [2.05, 4.69) is 6.08 Å². The summed E-state index contributed by atoms with van der Waals surface area (Å²) in [5, 5.41) is 22.9. The molecule has 1 saturated heterocycles. The average Bonchev–Trinajstić information content (AvgIpc) is 2.82. The summed E-state index contributed by atoms with van der Waals surface area (Å²) in [5.74, 6) is -0.429. The van der Waals surface area contributed by atoms with Crippen LogP contribution in [0.2, 0.25) is 0 Å². The molecule has 0 aromatic heterocycles. The Hall–Kier alpha value is -2.05. The van der Waals surface area contributed by atoms with E-state index >= 15 is 0 Å². The van der Waals surface area contributed by atoms with Gasteiger partial charge in [-0.1, -0.05) is 6.08 Å². The number of carbonyl (C=O) groups is 1. The molecule has 6 nitrogen and oxygen atoms in total. The van der Waals surface area contributed by atoms with E-state index in [1.807, 2.05) is 0 Å². The number of hydrogen-bond donors (Lipinski definition) is 1. The molecule has 1 N–H and O–H groups in total. The molecule has 4 rings (SSSR count). The zero-order chi connectivity index (χ0) is 16.4. The fraction of sp³-hybridized carbons (Fsp3) is 0.471. The summed E-state index contributed by atoms with van der Waals surface area (Å²) < 4.78 is 10.4. The van der Waals surface area contributed by atoms with Crippen LogP contribution in [0.4, 0.5) is 0 Å². The van der Waals surface area contributed by atoms with Gasteiger partial charge in [-0.15, -0.1) is 0 Å². The van der Waals surface area contributed by atoms with Gasteiger partial charge in [0.15, 0.2) is 11.5 Å². The number of methoxy groups -OCH3 is 1. The van der Waals surface area contributed by atoms with Gasteiger partial charge in [0.2, 0.25) is 0 Å². The Bertz CT molecular complexity index is 724. The van der Waals surface area contributed by atoms with E-state index in [1.165, 1.54) is 13.2 Å². The molecule has 122 valence electrons. The highest BCUT2D eigenvalue weighted by Gasteiger charge is 2.51. The highest BCUT2D eigenvalue weighted by molar-refractivity contribution is 5.93. The summed E-state index contributed by atoms with van der Waals surface area (Å²) in [5.41, 5.74) is 2.23. The van der Waals surface area contributed by atoms with Crippen LogP contribution in [0.5, 0.6) is 11.5 Å². The van der Waals surface area contributed by atoms with Crippen LogP contribution in [0.25, 0.3) is 0 Å². The molecule has 2 aliphatic heterocycles. The van der Waals surface area contributed by atoms with Crippen molar-refractivity contribution in [2.45, 2.75) is 30.9 Å². The monoisotopic (exact) mass is 317 g/mol. The summed E-state index contributed by atoms with van der Waals surface area (Å²) in [4.78, 5) is 12.3. The minimum atomic E-state index is -0.450. The number of rotatable bonds is 1. The fourth-order valence-electron chi connectivity index (χ4n) is 4.29. The van der Waals surface area contributed by atoms with Crippen molar-refractivity contribution < 1.29 is 24.0 Å². The number of phenolic OH excluding ortho intramolecular Hbond substituents is 1. The molecular weight excluding hydrogens is 298 g/mol. The summed E-state index contributed by atoms with van der Waals surface area (Å²) in [7, 11) is 3.15. The maximum atomic E-state index is 12.9. The van der Waals surface area contributed by atoms with Gasteiger partial charge < -0.3 is 24.4 Å². The fourth-order valence-corrected chi connectivity index (χ4v) is 4.29. The van der Waals surface area contributed by atoms with Crippen molar-refractivity contribution in [1.82, 2.24) is 0 Å². The second kappa shape index (κ2) is 4.72. The van der Waals surface area contributed by atoms with Gasteiger partial charge in [-0.2, -0.15) is 0 Å². The third-order valence-electron chi connectivity index (χ3n) is 5.35. The molecule has 4 atom stereocenters.